The van der Waals surface area contributed by atoms with Crippen LogP contribution < -0.4 is 9.47 Å². The Balaban J connectivity index is 1.96. The van der Waals surface area contributed by atoms with E-state index in [2.05, 4.69) is 45.0 Å². The number of hydrogen-bond donors (Lipinski definition) is 0. The first-order valence-corrected chi connectivity index (χ1v) is 12.2. The predicted molar refractivity (Wildman–Crippen MR) is 137 cm³/mol. The second-order valence-electron chi connectivity index (χ2n) is 9.72. The molecule has 0 aliphatic carbocycles. The number of ether oxygens (including phenoxy) is 5. The average molecular weight is 477 g/mol. The summed E-state index contributed by atoms with van der Waals surface area (Å²) in [6.45, 7) is 6.60. The van der Waals surface area contributed by atoms with E-state index < -0.39 is 12.1 Å². The lowest BCUT2D eigenvalue weighted by molar-refractivity contribution is -0.356. The molecule has 3 aromatic carbocycles. The van der Waals surface area contributed by atoms with Gasteiger partial charge in [0.05, 0.1) is 27.4 Å². The van der Waals surface area contributed by atoms with Gasteiger partial charge in [0.15, 0.2) is 5.60 Å². The second kappa shape index (κ2) is 10.8. The molecule has 1 aliphatic rings. The van der Waals surface area contributed by atoms with Gasteiger partial charge in [0.1, 0.15) is 11.5 Å². The van der Waals surface area contributed by atoms with Crippen LogP contribution in [0.5, 0.6) is 11.5 Å². The number of rotatable bonds is 9. The molecule has 1 heterocycles. The third-order valence-corrected chi connectivity index (χ3v) is 6.36. The molecular formula is C30H36O5. The second-order valence-corrected chi connectivity index (χ2v) is 9.72. The van der Waals surface area contributed by atoms with Crippen molar-refractivity contribution < 1.29 is 23.7 Å². The van der Waals surface area contributed by atoms with Crippen molar-refractivity contribution >= 4 is 0 Å². The Hall–Kier alpha value is -2.86. The third kappa shape index (κ3) is 5.22. The van der Waals surface area contributed by atoms with Crippen LogP contribution >= 0.6 is 0 Å². The molecule has 0 bridgehead atoms. The fourth-order valence-electron chi connectivity index (χ4n) is 4.61. The van der Waals surface area contributed by atoms with Crippen LogP contribution in [0.15, 0.2) is 72.8 Å². The Morgan fingerprint density at radius 2 is 1.31 bits per heavy atom. The van der Waals surface area contributed by atoms with E-state index in [1.54, 1.807) is 14.2 Å². The van der Waals surface area contributed by atoms with Crippen molar-refractivity contribution in [3.8, 4) is 11.5 Å². The summed E-state index contributed by atoms with van der Waals surface area (Å²) in [5.41, 5.74) is 2.69. The van der Waals surface area contributed by atoms with Gasteiger partial charge in [0.25, 0.3) is 6.48 Å². The van der Waals surface area contributed by atoms with Gasteiger partial charge in [0, 0.05) is 16.5 Å². The zero-order chi connectivity index (χ0) is 24.9. The standard InChI is InChI=1S/C30H36O5/c1-6-11-22-16-18-23(19-17-22)30(24-12-7-9-14-26(24)31-4,25-13-8-10-15-27(25)32-5)35-28-33-20-29(2,3)21-34-28/h7-10,12-19,28H,6,11,20-21H2,1-5H3. The van der Waals surface area contributed by atoms with Crippen LogP contribution in [-0.2, 0) is 26.2 Å². The lowest BCUT2D eigenvalue weighted by Crippen LogP contribution is -2.45. The van der Waals surface area contributed by atoms with Gasteiger partial charge in [-0.15, -0.1) is 0 Å². The molecule has 0 aromatic heterocycles. The molecule has 0 atom stereocenters. The van der Waals surface area contributed by atoms with E-state index in [0.717, 1.165) is 29.5 Å². The topological polar surface area (TPSA) is 46.2 Å². The van der Waals surface area contributed by atoms with Gasteiger partial charge < -0.3 is 23.7 Å². The first-order valence-electron chi connectivity index (χ1n) is 12.2. The first kappa shape index (κ1) is 25.2. The van der Waals surface area contributed by atoms with E-state index in [9.17, 15) is 0 Å². The summed E-state index contributed by atoms with van der Waals surface area (Å²) in [6, 6.07) is 24.4. The lowest BCUT2D eigenvalue weighted by Gasteiger charge is -2.42. The van der Waals surface area contributed by atoms with Gasteiger partial charge in [0.2, 0.25) is 0 Å². The van der Waals surface area contributed by atoms with E-state index >= 15 is 0 Å². The molecule has 35 heavy (non-hydrogen) atoms. The molecule has 1 saturated heterocycles. The zero-order valence-electron chi connectivity index (χ0n) is 21.4. The van der Waals surface area contributed by atoms with Gasteiger partial charge in [-0.25, -0.2) is 0 Å². The fraction of sp³-hybridized carbons (Fsp3) is 0.400. The Bertz CT molecular complexity index is 1050. The van der Waals surface area contributed by atoms with Gasteiger partial charge in [-0.1, -0.05) is 87.9 Å². The molecule has 1 aliphatic heterocycles. The highest BCUT2D eigenvalue weighted by Crippen LogP contribution is 2.48. The maximum atomic E-state index is 6.91. The molecule has 186 valence electrons. The van der Waals surface area contributed by atoms with E-state index in [-0.39, 0.29) is 5.41 Å². The molecule has 0 unspecified atom stereocenters. The summed E-state index contributed by atoms with van der Waals surface area (Å²) in [5, 5.41) is 0. The van der Waals surface area contributed by atoms with E-state index in [4.69, 9.17) is 23.7 Å². The summed E-state index contributed by atoms with van der Waals surface area (Å²) in [6.07, 6.45) is 2.10. The smallest absolute Gasteiger partial charge is 0.273 e. The van der Waals surface area contributed by atoms with Crippen molar-refractivity contribution in [1.29, 1.82) is 0 Å². The van der Waals surface area contributed by atoms with Gasteiger partial charge >= 0.3 is 0 Å². The minimum Gasteiger partial charge on any atom is -0.496 e. The van der Waals surface area contributed by atoms with Crippen molar-refractivity contribution in [2.24, 2.45) is 5.41 Å². The normalized spacial score (nSPS) is 16.1. The highest BCUT2D eigenvalue weighted by atomic mass is 16.9. The van der Waals surface area contributed by atoms with Gasteiger partial charge in [-0.2, -0.15) is 0 Å². The summed E-state index contributed by atoms with van der Waals surface area (Å²) in [5.74, 6) is 1.40. The summed E-state index contributed by atoms with van der Waals surface area (Å²) in [4.78, 5) is 0. The van der Waals surface area contributed by atoms with Crippen LogP contribution in [-0.4, -0.2) is 33.9 Å². The van der Waals surface area contributed by atoms with Crippen molar-refractivity contribution in [3.63, 3.8) is 0 Å². The molecule has 0 amide bonds. The van der Waals surface area contributed by atoms with Crippen LogP contribution in [0.2, 0.25) is 0 Å². The van der Waals surface area contributed by atoms with Crippen molar-refractivity contribution in [2.45, 2.75) is 45.7 Å². The van der Waals surface area contributed by atoms with Crippen LogP contribution in [0, 0.1) is 5.41 Å². The zero-order valence-corrected chi connectivity index (χ0v) is 21.4. The molecule has 5 nitrogen and oxygen atoms in total. The fourth-order valence-corrected chi connectivity index (χ4v) is 4.61. The highest BCUT2D eigenvalue weighted by molar-refractivity contribution is 5.57. The Kier molecular flexibility index (Phi) is 7.80. The van der Waals surface area contributed by atoms with Crippen LogP contribution in [0.4, 0.5) is 0 Å². The molecule has 0 N–H and O–H groups in total. The number of hydrogen-bond acceptors (Lipinski definition) is 5. The Labute approximate surface area is 208 Å². The molecular weight excluding hydrogens is 440 g/mol. The maximum absolute atomic E-state index is 6.91. The number of benzene rings is 3. The first-order chi connectivity index (χ1) is 16.9. The minimum absolute atomic E-state index is 0.0841. The molecule has 4 rings (SSSR count). The van der Waals surface area contributed by atoms with E-state index in [1.165, 1.54) is 5.56 Å². The summed E-state index contributed by atoms with van der Waals surface area (Å²) >= 11 is 0. The van der Waals surface area contributed by atoms with Crippen molar-refractivity contribution in [3.05, 3.63) is 95.1 Å². The Morgan fingerprint density at radius 1 is 0.800 bits per heavy atom. The third-order valence-electron chi connectivity index (χ3n) is 6.36. The highest BCUT2D eigenvalue weighted by Gasteiger charge is 2.46. The number of methoxy groups -OCH3 is 2. The molecule has 0 radical (unpaired) electrons. The SMILES string of the molecule is CCCc1ccc(C(OC2OCC(C)(C)CO2)(c2ccccc2OC)c2ccccc2OC)cc1. The largest absolute Gasteiger partial charge is 0.496 e. The lowest BCUT2D eigenvalue weighted by atomic mass is 9.78. The number of aryl methyl sites for hydroxylation is 1. The molecule has 0 spiro atoms. The van der Waals surface area contributed by atoms with E-state index in [0.29, 0.717) is 24.7 Å². The summed E-state index contributed by atoms with van der Waals surface area (Å²) < 4.78 is 30.8. The van der Waals surface area contributed by atoms with Gasteiger partial charge in [-0.3, -0.25) is 0 Å². The molecule has 5 heteroatoms. The quantitative estimate of drug-likeness (QED) is 0.338. The van der Waals surface area contributed by atoms with E-state index in [1.807, 2.05) is 48.5 Å². The van der Waals surface area contributed by atoms with Crippen LogP contribution in [0.25, 0.3) is 0 Å². The summed E-state index contributed by atoms with van der Waals surface area (Å²) in [7, 11) is 3.35. The van der Waals surface area contributed by atoms with Crippen molar-refractivity contribution in [1.82, 2.24) is 0 Å². The average Bonchev–Trinajstić information content (AvgIpc) is 2.89. The molecule has 0 saturated carbocycles. The Morgan fingerprint density at radius 3 is 1.80 bits per heavy atom. The van der Waals surface area contributed by atoms with Crippen LogP contribution in [0.1, 0.15) is 49.4 Å². The monoisotopic (exact) mass is 476 g/mol. The molecule has 3 aromatic rings. The molecule has 1 fully saturated rings. The van der Waals surface area contributed by atoms with Crippen molar-refractivity contribution in [2.75, 3.05) is 27.4 Å². The predicted octanol–water partition coefficient (Wildman–Crippen LogP) is 6.32. The van der Waals surface area contributed by atoms with Gasteiger partial charge in [-0.05, 0) is 29.7 Å². The maximum Gasteiger partial charge on any atom is 0.273 e. The minimum atomic E-state index is -1.11. The van der Waals surface area contributed by atoms with Crippen LogP contribution in [0.3, 0.4) is 0 Å². The number of para-hydroxylation sites is 2.